The summed E-state index contributed by atoms with van der Waals surface area (Å²) in [6.45, 7) is 2.04. The van der Waals surface area contributed by atoms with Gasteiger partial charge >= 0.3 is 0 Å². The highest BCUT2D eigenvalue weighted by molar-refractivity contribution is 5.18. The van der Waals surface area contributed by atoms with Crippen molar-refractivity contribution in [2.24, 2.45) is 5.92 Å². The molecule has 0 radical (unpaired) electrons. The number of ether oxygens (including phenoxy) is 1. The van der Waals surface area contributed by atoms with Gasteiger partial charge in [-0.2, -0.15) is 0 Å². The van der Waals surface area contributed by atoms with Crippen LogP contribution < -0.4 is 5.32 Å². The highest BCUT2D eigenvalue weighted by Crippen LogP contribution is 2.28. The van der Waals surface area contributed by atoms with E-state index in [1.165, 1.54) is 25.0 Å². The predicted molar refractivity (Wildman–Crippen MR) is 72.5 cm³/mol. The van der Waals surface area contributed by atoms with Crippen LogP contribution in [0.2, 0.25) is 0 Å². The Morgan fingerprint density at radius 3 is 2.60 bits per heavy atom. The van der Waals surface area contributed by atoms with Crippen LogP contribution >= 0.6 is 0 Å². The average Bonchev–Trinajstić information content (AvgIpc) is 3.17. The molecule has 1 aliphatic rings. The maximum Gasteiger partial charge on any atom is 0.126 e. The van der Waals surface area contributed by atoms with E-state index in [0.717, 1.165) is 12.7 Å². The van der Waals surface area contributed by atoms with E-state index in [0.29, 0.717) is 37.6 Å². The van der Waals surface area contributed by atoms with E-state index < -0.39 is 17.7 Å². The van der Waals surface area contributed by atoms with Gasteiger partial charge in [0.05, 0.1) is 12.7 Å². The van der Waals surface area contributed by atoms with E-state index in [1.54, 1.807) is 0 Å². The number of rotatable bonds is 9. The summed E-state index contributed by atoms with van der Waals surface area (Å²) >= 11 is 0. The van der Waals surface area contributed by atoms with E-state index in [-0.39, 0.29) is 0 Å². The molecule has 0 aromatic heterocycles. The van der Waals surface area contributed by atoms with Crippen LogP contribution in [-0.2, 0) is 11.2 Å². The zero-order valence-electron chi connectivity index (χ0n) is 11.4. The van der Waals surface area contributed by atoms with Gasteiger partial charge in [-0.3, -0.25) is 0 Å². The van der Waals surface area contributed by atoms with Crippen molar-refractivity contribution in [1.29, 1.82) is 0 Å². The molecule has 20 heavy (non-hydrogen) atoms. The quantitative estimate of drug-likeness (QED) is 0.681. The minimum absolute atomic E-state index is 0.331. The molecule has 5 heteroatoms. The average molecular weight is 285 g/mol. The van der Waals surface area contributed by atoms with Crippen molar-refractivity contribution in [3.05, 3.63) is 35.4 Å². The lowest BCUT2D eigenvalue weighted by atomic mass is 10.1. The molecule has 1 aromatic rings. The normalized spacial score (nSPS) is 16.4. The fourth-order valence-corrected chi connectivity index (χ4v) is 1.97. The van der Waals surface area contributed by atoms with Gasteiger partial charge in [0.1, 0.15) is 11.6 Å². The number of aliphatic hydroxyl groups excluding tert-OH is 1. The second-order valence-corrected chi connectivity index (χ2v) is 5.37. The zero-order chi connectivity index (χ0) is 14.4. The second kappa shape index (κ2) is 7.67. The van der Waals surface area contributed by atoms with Crippen molar-refractivity contribution in [3.63, 3.8) is 0 Å². The minimum atomic E-state index is -0.562. The van der Waals surface area contributed by atoms with E-state index in [2.05, 4.69) is 5.32 Å². The summed E-state index contributed by atoms with van der Waals surface area (Å²) in [7, 11) is 0. The Hall–Kier alpha value is -1.04. The van der Waals surface area contributed by atoms with Gasteiger partial charge in [-0.15, -0.1) is 0 Å². The lowest BCUT2D eigenvalue weighted by Crippen LogP contribution is -2.31. The Morgan fingerprint density at radius 1 is 1.25 bits per heavy atom. The van der Waals surface area contributed by atoms with Gasteiger partial charge < -0.3 is 15.2 Å². The molecule has 112 valence electrons. The zero-order valence-corrected chi connectivity index (χ0v) is 11.4. The maximum absolute atomic E-state index is 13.0. The summed E-state index contributed by atoms with van der Waals surface area (Å²) in [4.78, 5) is 0. The molecule has 0 spiro atoms. The van der Waals surface area contributed by atoms with Crippen molar-refractivity contribution < 1.29 is 18.6 Å². The third-order valence-corrected chi connectivity index (χ3v) is 3.25. The van der Waals surface area contributed by atoms with Crippen molar-refractivity contribution in [2.75, 3.05) is 26.3 Å². The molecule has 1 saturated carbocycles. The molecule has 0 amide bonds. The van der Waals surface area contributed by atoms with Gasteiger partial charge in [-0.1, -0.05) is 0 Å². The molecule has 0 heterocycles. The molecule has 3 nitrogen and oxygen atoms in total. The fourth-order valence-electron chi connectivity index (χ4n) is 1.97. The highest BCUT2D eigenvalue weighted by Gasteiger charge is 2.21. The Bertz CT molecular complexity index is 404. The Balaban J connectivity index is 1.55. The number of aliphatic hydroxyl groups is 1. The number of nitrogens with one attached hydrogen (secondary N) is 1. The van der Waals surface area contributed by atoms with Gasteiger partial charge in [-0.25, -0.2) is 8.78 Å². The van der Waals surface area contributed by atoms with E-state index in [9.17, 15) is 13.9 Å². The van der Waals surface area contributed by atoms with Gasteiger partial charge in [0.25, 0.3) is 0 Å². The molecule has 2 rings (SSSR count). The number of benzene rings is 1. The van der Waals surface area contributed by atoms with Crippen LogP contribution in [0.15, 0.2) is 18.2 Å². The predicted octanol–water partition coefficient (Wildman–Crippen LogP) is 1.88. The Morgan fingerprint density at radius 2 is 1.95 bits per heavy atom. The first-order chi connectivity index (χ1) is 9.63. The van der Waals surface area contributed by atoms with Gasteiger partial charge in [0.2, 0.25) is 0 Å². The van der Waals surface area contributed by atoms with E-state index in [4.69, 9.17) is 4.74 Å². The maximum atomic E-state index is 13.0. The topological polar surface area (TPSA) is 41.5 Å². The molecule has 0 bridgehead atoms. The van der Waals surface area contributed by atoms with Crippen molar-refractivity contribution in [3.8, 4) is 0 Å². The largest absolute Gasteiger partial charge is 0.389 e. The van der Waals surface area contributed by atoms with Crippen LogP contribution in [0, 0.1) is 17.6 Å². The summed E-state index contributed by atoms with van der Waals surface area (Å²) in [5.74, 6) is -0.431. The van der Waals surface area contributed by atoms with Crippen LogP contribution in [0.5, 0.6) is 0 Å². The Kier molecular flexibility index (Phi) is 5.88. The third kappa shape index (κ3) is 5.94. The second-order valence-electron chi connectivity index (χ2n) is 5.37. The standard InChI is InChI=1S/C15H21F2NO2/c16-13-5-12(6-14(17)7-13)3-4-18-8-15(19)10-20-9-11-1-2-11/h5-7,11,15,18-19H,1-4,8-10H2. The molecule has 1 atom stereocenters. The molecular formula is C15H21F2NO2. The van der Waals surface area contributed by atoms with Gasteiger partial charge in [0.15, 0.2) is 0 Å². The molecule has 0 saturated heterocycles. The molecular weight excluding hydrogens is 264 g/mol. The number of hydrogen-bond donors (Lipinski definition) is 2. The van der Waals surface area contributed by atoms with Crippen LogP contribution in [-0.4, -0.2) is 37.5 Å². The lowest BCUT2D eigenvalue weighted by Gasteiger charge is -2.12. The molecule has 1 unspecified atom stereocenters. The SMILES string of the molecule is OC(CNCCc1cc(F)cc(F)c1)COCC1CC1. The van der Waals surface area contributed by atoms with Crippen molar-refractivity contribution in [1.82, 2.24) is 5.32 Å². The molecule has 1 aliphatic carbocycles. The molecule has 1 aromatic carbocycles. The first-order valence-corrected chi connectivity index (χ1v) is 7.05. The number of hydrogen-bond acceptors (Lipinski definition) is 3. The van der Waals surface area contributed by atoms with E-state index in [1.807, 2.05) is 0 Å². The molecule has 1 fully saturated rings. The fraction of sp³-hybridized carbons (Fsp3) is 0.600. The van der Waals surface area contributed by atoms with Crippen LogP contribution in [0.4, 0.5) is 8.78 Å². The molecule has 2 N–H and O–H groups in total. The van der Waals surface area contributed by atoms with Gasteiger partial charge in [-0.05, 0) is 49.4 Å². The van der Waals surface area contributed by atoms with Crippen LogP contribution in [0.3, 0.4) is 0 Å². The van der Waals surface area contributed by atoms with Crippen LogP contribution in [0.1, 0.15) is 18.4 Å². The smallest absolute Gasteiger partial charge is 0.126 e. The first kappa shape index (κ1) is 15.4. The summed E-state index contributed by atoms with van der Waals surface area (Å²) in [5.41, 5.74) is 0.606. The highest BCUT2D eigenvalue weighted by atomic mass is 19.1. The minimum Gasteiger partial charge on any atom is -0.389 e. The van der Waals surface area contributed by atoms with E-state index >= 15 is 0 Å². The molecule has 0 aliphatic heterocycles. The lowest BCUT2D eigenvalue weighted by molar-refractivity contribution is 0.0327. The van der Waals surface area contributed by atoms with Crippen LogP contribution in [0.25, 0.3) is 0 Å². The summed E-state index contributed by atoms with van der Waals surface area (Å²) < 4.78 is 31.3. The van der Waals surface area contributed by atoms with Crippen molar-refractivity contribution in [2.45, 2.75) is 25.4 Å². The third-order valence-electron chi connectivity index (χ3n) is 3.25. The first-order valence-electron chi connectivity index (χ1n) is 7.05. The number of halogens is 2. The summed E-state index contributed by atoms with van der Waals surface area (Å²) in [5, 5.41) is 12.7. The summed E-state index contributed by atoms with van der Waals surface area (Å²) in [6, 6.07) is 3.50. The van der Waals surface area contributed by atoms with Crippen molar-refractivity contribution >= 4 is 0 Å². The Labute approximate surface area is 117 Å². The summed E-state index contributed by atoms with van der Waals surface area (Å²) in [6.07, 6.45) is 2.44. The monoisotopic (exact) mass is 285 g/mol. The van der Waals surface area contributed by atoms with Gasteiger partial charge in [0, 0.05) is 19.2 Å².